The summed E-state index contributed by atoms with van der Waals surface area (Å²) in [7, 11) is -3.26. The Hall–Kier alpha value is -2.19. The van der Waals surface area contributed by atoms with Crippen LogP contribution < -0.4 is 5.69 Å². The predicted octanol–water partition coefficient (Wildman–Crippen LogP) is 1.47. The summed E-state index contributed by atoms with van der Waals surface area (Å²) in [6.45, 7) is 0.830. The molecule has 0 radical (unpaired) electrons. The Bertz CT molecular complexity index is 1080. The maximum atomic E-state index is 12.5. The monoisotopic (exact) mass is 346 g/mol. The lowest BCUT2D eigenvalue weighted by Crippen LogP contribution is -2.41. The zero-order valence-electron chi connectivity index (χ0n) is 13.3. The average molecular weight is 346 g/mol. The van der Waals surface area contributed by atoms with E-state index >= 15 is 0 Å². The van der Waals surface area contributed by atoms with E-state index in [-0.39, 0.29) is 11.7 Å². The average Bonchev–Trinajstić information content (AvgIpc) is 2.90. The van der Waals surface area contributed by atoms with Crippen molar-refractivity contribution in [3.8, 4) is 0 Å². The number of pyridine rings is 1. The molecule has 1 atom stereocenters. The third-order valence-corrected chi connectivity index (χ3v) is 5.91. The van der Waals surface area contributed by atoms with Gasteiger partial charge in [-0.05, 0) is 18.9 Å². The summed E-state index contributed by atoms with van der Waals surface area (Å²) < 4.78 is 26.9. The van der Waals surface area contributed by atoms with E-state index in [1.165, 1.54) is 10.6 Å². The van der Waals surface area contributed by atoms with E-state index in [2.05, 4.69) is 9.97 Å². The van der Waals surface area contributed by atoms with Crippen LogP contribution in [0.5, 0.6) is 0 Å². The molecule has 1 unspecified atom stereocenters. The molecule has 1 aliphatic heterocycles. The maximum absolute atomic E-state index is 12.5. The smallest absolute Gasteiger partial charge is 0.304 e. The van der Waals surface area contributed by atoms with Gasteiger partial charge in [-0.3, -0.25) is 9.55 Å². The Morgan fingerprint density at radius 3 is 2.88 bits per heavy atom. The first-order chi connectivity index (χ1) is 11.4. The molecule has 24 heavy (non-hydrogen) atoms. The van der Waals surface area contributed by atoms with E-state index in [9.17, 15) is 13.2 Å². The van der Waals surface area contributed by atoms with Crippen LogP contribution >= 0.6 is 0 Å². The molecule has 1 aliphatic rings. The summed E-state index contributed by atoms with van der Waals surface area (Å²) in [6, 6.07) is 7.48. The number of hydrogen-bond donors (Lipinski definition) is 1. The minimum atomic E-state index is -3.26. The fourth-order valence-corrected chi connectivity index (χ4v) is 4.44. The molecule has 0 saturated carbocycles. The number of piperidine rings is 1. The van der Waals surface area contributed by atoms with Gasteiger partial charge in [0.15, 0.2) is 0 Å². The summed E-state index contributed by atoms with van der Waals surface area (Å²) in [5, 5.41) is 0.893. The van der Waals surface area contributed by atoms with Crippen molar-refractivity contribution < 1.29 is 8.42 Å². The van der Waals surface area contributed by atoms with Gasteiger partial charge < -0.3 is 4.98 Å². The molecule has 0 amide bonds. The van der Waals surface area contributed by atoms with Crippen molar-refractivity contribution >= 4 is 32.0 Å². The normalized spacial score (nSPS) is 20.0. The molecule has 0 spiro atoms. The van der Waals surface area contributed by atoms with Gasteiger partial charge in [-0.2, -0.15) is 0 Å². The fraction of sp³-hybridized carbons (Fsp3) is 0.375. The molecule has 0 aliphatic carbocycles. The zero-order chi connectivity index (χ0) is 16.9. The van der Waals surface area contributed by atoms with E-state index in [4.69, 9.17) is 0 Å². The molecule has 1 saturated heterocycles. The highest BCUT2D eigenvalue weighted by atomic mass is 32.2. The van der Waals surface area contributed by atoms with Gasteiger partial charge in [0.1, 0.15) is 0 Å². The number of H-pyrrole nitrogens is 1. The maximum Gasteiger partial charge on any atom is 0.326 e. The molecule has 1 fully saturated rings. The number of nitrogens with zero attached hydrogens (tertiary/aromatic N) is 3. The molecular weight excluding hydrogens is 328 g/mol. The molecule has 1 aromatic carbocycles. The molecule has 3 aromatic rings. The Morgan fingerprint density at radius 1 is 1.29 bits per heavy atom. The number of aromatic amines is 1. The third kappa shape index (κ3) is 2.42. The van der Waals surface area contributed by atoms with E-state index in [1.807, 2.05) is 24.3 Å². The van der Waals surface area contributed by atoms with Crippen LogP contribution in [0.15, 0.2) is 35.3 Å². The Kier molecular flexibility index (Phi) is 3.47. The lowest BCUT2D eigenvalue weighted by molar-refractivity contribution is 0.268. The molecular formula is C16H18N4O3S. The molecule has 1 N–H and O–H groups in total. The predicted molar refractivity (Wildman–Crippen MR) is 92.5 cm³/mol. The lowest BCUT2D eigenvalue weighted by atomic mass is 10.1. The van der Waals surface area contributed by atoms with Crippen LogP contribution in [0.25, 0.3) is 21.9 Å². The first-order valence-electron chi connectivity index (χ1n) is 7.88. The van der Waals surface area contributed by atoms with E-state index in [0.717, 1.165) is 29.3 Å². The van der Waals surface area contributed by atoms with Gasteiger partial charge in [0.2, 0.25) is 10.0 Å². The summed E-state index contributed by atoms with van der Waals surface area (Å²) in [6.07, 6.45) is 4.38. The van der Waals surface area contributed by atoms with Gasteiger partial charge >= 0.3 is 5.69 Å². The van der Waals surface area contributed by atoms with Gasteiger partial charge in [-0.15, -0.1) is 0 Å². The number of fused-ring (bicyclic) bond motifs is 3. The van der Waals surface area contributed by atoms with Crippen molar-refractivity contribution in [1.82, 2.24) is 18.8 Å². The third-order valence-electron chi connectivity index (χ3n) is 4.64. The number of sulfonamides is 1. The van der Waals surface area contributed by atoms with Crippen LogP contribution in [0.2, 0.25) is 0 Å². The van der Waals surface area contributed by atoms with E-state index < -0.39 is 10.0 Å². The van der Waals surface area contributed by atoms with Gasteiger partial charge in [0, 0.05) is 18.5 Å². The Balaban J connectivity index is 1.91. The minimum absolute atomic E-state index is 0.180. The van der Waals surface area contributed by atoms with Crippen molar-refractivity contribution in [3.63, 3.8) is 0 Å². The summed E-state index contributed by atoms with van der Waals surface area (Å²) in [5.74, 6) is 0. The molecule has 126 valence electrons. The van der Waals surface area contributed by atoms with Crippen LogP contribution in [0.4, 0.5) is 0 Å². The number of hydrogen-bond acceptors (Lipinski definition) is 4. The van der Waals surface area contributed by atoms with Gasteiger partial charge in [-0.1, -0.05) is 18.2 Å². The lowest BCUT2D eigenvalue weighted by Gasteiger charge is -2.31. The van der Waals surface area contributed by atoms with Crippen molar-refractivity contribution in [3.05, 3.63) is 40.9 Å². The summed E-state index contributed by atoms with van der Waals surface area (Å²) in [4.78, 5) is 19.8. The fourth-order valence-electron chi connectivity index (χ4n) is 3.54. The standard InChI is InChI=1S/C16H18N4O3S/c1-24(22,23)19-8-4-5-11(10-19)20-15-12-6-2-3-7-13(12)17-9-14(15)18-16(20)21/h2-3,6-7,9,11H,4-5,8,10H2,1H3,(H,18,21). The van der Waals surface area contributed by atoms with Crippen LogP contribution in [0.1, 0.15) is 18.9 Å². The second kappa shape index (κ2) is 5.42. The van der Waals surface area contributed by atoms with Gasteiger partial charge in [-0.25, -0.2) is 17.5 Å². The molecule has 7 nitrogen and oxygen atoms in total. The van der Waals surface area contributed by atoms with Gasteiger partial charge in [0.25, 0.3) is 0 Å². The van der Waals surface area contributed by atoms with Crippen LogP contribution in [-0.2, 0) is 10.0 Å². The highest BCUT2D eigenvalue weighted by Crippen LogP contribution is 2.28. The summed E-state index contributed by atoms with van der Waals surface area (Å²) in [5.41, 5.74) is 2.07. The number of imidazole rings is 1. The number of nitrogens with one attached hydrogen (secondary N) is 1. The van der Waals surface area contributed by atoms with Crippen LogP contribution in [0.3, 0.4) is 0 Å². The number of benzene rings is 1. The van der Waals surface area contributed by atoms with Crippen molar-refractivity contribution in [2.45, 2.75) is 18.9 Å². The number of rotatable bonds is 2. The molecule has 4 rings (SSSR count). The Morgan fingerprint density at radius 2 is 2.08 bits per heavy atom. The van der Waals surface area contributed by atoms with E-state index in [0.29, 0.717) is 18.6 Å². The van der Waals surface area contributed by atoms with Crippen LogP contribution in [0, 0.1) is 0 Å². The van der Waals surface area contributed by atoms with Crippen molar-refractivity contribution in [1.29, 1.82) is 0 Å². The highest BCUT2D eigenvalue weighted by Gasteiger charge is 2.29. The topological polar surface area (TPSA) is 88.1 Å². The second-order valence-corrected chi connectivity index (χ2v) is 8.24. The Labute approximate surface area is 139 Å². The second-order valence-electron chi connectivity index (χ2n) is 6.25. The van der Waals surface area contributed by atoms with E-state index in [1.54, 1.807) is 10.8 Å². The first-order valence-corrected chi connectivity index (χ1v) is 9.73. The first kappa shape index (κ1) is 15.3. The largest absolute Gasteiger partial charge is 0.326 e. The number of aromatic nitrogens is 3. The zero-order valence-corrected chi connectivity index (χ0v) is 14.1. The summed E-state index contributed by atoms with van der Waals surface area (Å²) >= 11 is 0. The molecule has 0 bridgehead atoms. The van der Waals surface area contributed by atoms with Crippen molar-refractivity contribution in [2.24, 2.45) is 0 Å². The van der Waals surface area contributed by atoms with Gasteiger partial charge in [0.05, 0.1) is 35.0 Å². The molecule has 2 aromatic heterocycles. The SMILES string of the molecule is CS(=O)(=O)N1CCCC(n2c(=O)[nH]c3cnc4ccccc4c32)C1. The number of para-hydroxylation sites is 1. The highest BCUT2D eigenvalue weighted by molar-refractivity contribution is 7.88. The quantitative estimate of drug-likeness (QED) is 0.761. The molecule has 3 heterocycles. The van der Waals surface area contributed by atoms with Crippen LogP contribution in [-0.4, -0.2) is 46.6 Å². The molecule has 8 heteroatoms. The van der Waals surface area contributed by atoms with Crippen molar-refractivity contribution in [2.75, 3.05) is 19.3 Å². The minimum Gasteiger partial charge on any atom is -0.304 e.